The standard InChI is InChI=1S/C17H22ClNO3/c1-2-22-17(21)15(12-6-4-3-5-7-12)16(20)19-14-10-8-13(18)9-11-14/h8-12,15H,2-7H2,1H3,(H,19,20)/t15-/m1/s1. The molecule has 120 valence electrons. The molecule has 5 heteroatoms. The average molecular weight is 324 g/mol. The fourth-order valence-corrected chi connectivity index (χ4v) is 3.09. The van der Waals surface area contributed by atoms with Crippen molar-refractivity contribution in [2.45, 2.75) is 39.0 Å². The SMILES string of the molecule is CCOC(=O)[C@@H](C(=O)Nc1ccc(Cl)cc1)C1CCCCC1. The van der Waals surface area contributed by atoms with Crippen LogP contribution in [0.2, 0.25) is 5.02 Å². The van der Waals surface area contributed by atoms with Gasteiger partial charge < -0.3 is 10.1 Å². The topological polar surface area (TPSA) is 55.4 Å². The Bertz CT molecular complexity index is 509. The summed E-state index contributed by atoms with van der Waals surface area (Å²) in [4.78, 5) is 24.8. The van der Waals surface area contributed by atoms with E-state index in [1.54, 1.807) is 31.2 Å². The Hall–Kier alpha value is -1.55. The number of anilines is 1. The number of carbonyl (C=O) groups is 2. The number of ether oxygens (including phenoxy) is 1. The minimum Gasteiger partial charge on any atom is -0.465 e. The Kier molecular flexibility index (Phi) is 6.25. The van der Waals surface area contributed by atoms with Gasteiger partial charge in [-0.2, -0.15) is 0 Å². The first kappa shape index (κ1) is 16.8. The summed E-state index contributed by atoms with van der Waals surface area (Å²) in [6, 6.07) is 6.86. The van der Waals surface area contributed by atoms with Gasteiger partial charge >= 0.3 is 5.97 Å². The van der Waals surface area contributed by atoms with Crippen LogP contribution in [-0.2, 0) is 14.3 Å². The Balaban J connectivity index is 2.10. The van der Waals surface area contributed by atoms with Crippen molar-refractivity contribution in [3.05, 3.63) is 29.3 Å². The van der Waals surface area contributed by atoms with Gasteiger partial charge in [0.15, 0.2) is 0 Å². The fraction of sp³-hybridized carbons (Fsp3) is 0.529. The summed E-state index contributed by atoms with van der Waals surface area (Å²) < 4.78 is 5.11. The van der Waals surface area contributed by atoms with Gasteiger partial charge in [0.25, 0.3) is 0 Å². The van der Waals surface area contributed by atoms with E-state index in [1.165, 1.54) is 6.42 Å². The number of nitrogens with one attached hydrogen (secondary N) is 1. The van der Waals surface area contributed by atoms with E-state index in [-0.39, 0.29) is 18.4 Å². The van der Waals surface area contributed by atoms with E-state index in [4.69, 9.17) is 16.3 Å². The third-order valence-corrected chi connectivity index (χ3v) is 4.31. The number of hydrogen-bond donors (Lipinski definition) is 1. The minimum atomic E-state index is -0.726. The summed E-state index contributed by atoms with van der Waals surface area (Å²) in [5, 5.41) is 3.41. The highest BCUT2D eigenvalue weighted by Crippen LogP contribution is 2.31. The molecule has 1 N–H and O–H groups in total. The smallest absolute Gasteiger partial charge is 0.318 e. The van der Waals surface area contributed by atoms with Gasteiger partial charge in [0.2, 0.25) is 5.91 Å². The van der Waals surface area contributed by atoms with Gasteiger partial charge in [-0.25, -0.2) is 0 Å². The average Bonchev–Trinajstić information content (AvgIpc) is 2.51. The Labute approximate surface area is 136 Å². The molecule has 0 saturated heterocycles. The molecule has 1 fully saturated rings. The highest BCUT2D eigenvalue weighted by Gasteiger charge is 2.36. The quantitative estimate of drug-likeness (QED) is 0.657. The highest BCUT2D eigenvalue weighted by atomic mass is 35.5. The maximum Gasteiger partial charge on any atom is 0.318 e. The monoisotopic (exact) mass is 323 g/mol. The molecular weight excluding hydrogens is 302 g/mol. The fourth-order valence-electron chi connectivity index (χ4n) is 2.97. The lowest BCUT2D eigenvalue weighted by atomic mass is 9.79. The van der Waals surface area contributed by atoms with Crippen molar-refractivity contribution in [2.24, 2.45) is 11.8 Å². The van der Waals surface area contributed by atoms with Gasteiger partial charge in [-0.1, -0.05) is 30.9 Å². The van der Waals surface area contributed by atoms with Crippen molar-refractivity contribution in [2.75, 3.05) is 11.9 Å². The van der Waals surface area contributed by atoms with Crippen molar-refractivity contribution >= 4 is 29.2 Å². The van der Waals surface area contributed by atoms with Gasteiger partial charge in [0.1, 0.15) is 5.92 Å². The van der Waals surface area contributed by atoms with Gasteiger partial charge in [-0.3, -0.25) is 9.59 Å². The van der Waals surface area contributed by atoms with Crippen LogP contribution in [0.5, 0.6) is 0 Å². The lowest BCUT2D eigenvalue weighted by Gasteiger charge is -2.27. The number of halogens is 1. The van der Waals surface area contributed by atoms with Crippen LogP contribution < -0.4 is 5.32 Å². The molecule has 0 spiro atoms. The summed E-state index contributed by atoms with van der Waals surface area (Å²) in [7, 11) is 0. The van der Waals surface area contributed by atoms with Crippen molar-refractivity contribution < 1.29 is 14.3 Å². The zero-order chi connectivity index (χ0) is 15.9. The number of hydrogen-bond acceptors (Lipinski definition) is 3. The number of benzene rings is 1. The first-order chi connectivity index (χ1) is 10.6. The Morgan fingerprint density at radius 1 is 1.23 bits per heavy atom. The summed E-state index contributed by atoms with van der Waals surface area (Å²) in [6.07, 6.45) is 5.10. The maximum absolute atomic E-state index is 12.6. The number of rotatable bonds is 5. The molecule has 0 radical (unpaired) electrons. The largest absolute Gasteiger partial charge is 0.465 e. The number of amides is 1. The molecule has 1 aliphatic carbocycles. The van der Waals surface area contributed by atoms with Gasteiger partial charge in [0.05, 0.1) is 6.61 Å². The minimum absolute atomic E-state index is 0.0695. The molecule has 1 aromatic rings. The second-order valence-corrected chi connectivity index (χ2v) is 6.06. The van der Waals surface area contributed by atoms with Crippen molar-refractivity contribution in [1.82, 2.24) is 0 Å². The van der Waals surface area contributed by atoms with E-state index >= 15 is 0 Å². The third kappa shape index (κ3) is 4.47. The summed E-state index contributed by atoms with van der Waals surface area (Å²) in [5.74, 6) is -1.36. The molecule has 0 aliphatic heterocycles. The number of carbonyl (C=O) groups excluding carboxylic acids is 2. The molecule has 0 heterocycles. The van der Waals surface area contributed by atoms with Crippen LogP contribution in [0.1, 0.15) is 39.0 Å². The molecule has 2 rings (SSSR count). The van der Waals surface area contributed by atoms with Crippen molar-refractivity contribution in [3.8, 4) is 0 Å². The van der Waals surface area contributed by atoms with Crippen LogP contribution in [0.15, 0.2) is 24.3 Å². The predicted octanol–water partition coefficient (Wildman–Crippen LogP) is 4.04. The van der Waals surface area contributed by atoms with Crippen LogP contribution in [0.4, 0.5) is 5.69 Å². The first-order valence-corrected chi connectivity index (χ1v) is 8.22. The second-order valence-electron chi connectivity index (χ2n) is 5.62. The zero-order valence-electron chi connectivity index (χ0n) is 12.8. The van der Waals surface area contributed by atoms with Gasteiger partial charge in [0, 0.05) is 10.7 Å². The lowest BCUT2D eigenvalue weighted by Crippen LogP contribution is -2.37. The molecule has 1 amide bonds. The highest BCUT2D eigenvalue weighted by molar-refractivity contribution is 6.30. The molecular formula is C17H22ClNO3. The third-order valence-electron chi connectivity index (χ3n) is 4.06. The molecule has 0 bridgehead atoms. The van der Waals surface area contributed by atoms with Crippen LogP contribution in [0.25, 0.3) is 0 Å². The zero-order valence-corrected chi connectivity index (χ0v) is 13.6. The van der Waals surface area contributed by atoms with Gasteiger partial charge in [-0.15, -0.1) is 0 Å². The molecule has 1 saturated carbocycles. The summed E-state index contributed by atoms with van der Waals surface area (Å²) in [5.41, 5.74) is 0.638. The first-order valence-electron chi connectivity index (χ1n) is 7.85. The van der Waals surface area contributed by atoms with Crippen LogP contribution >= 0.6 is 11.6 Å². The molecule has 4 nitrogen and oxygen atoms in total. The van der Waals surface area contributed by atoms with Crippen LogP contribution in [0, 0.1) is 11.8 Å². The van der Waals surface area contributed by atoms with E-state index in [2.05, 4.69) is 5.32 Å². The summed E-state index contributed by atoms with van der Waals surface area (Å²) >= 11 is 5.84. The molecule has 0 aromatic heterocycles. The summed E-state index contributed by atoms with van der Waals surface area (Å²) in [6.45, 7) is 2.04. The normalized spacial score (nSPS) is 16.8. The van der Waals surface area contributed by atoms with E-state index in [9.17, 15) is 9.59 Å². The second kappa shape index (κ2) is 8.18. The molecule has 0 unspecified atom stereocenters. The lowest BCUT2D eigenvalue weighted by molar-refractivity contribution is -0.153. The van der Waals surface area contributed by atoms with E-state index < -0.39 is 11.9 Å². The van der Waals surface area contributed by atoms with Crippen LogP contribution in [-0.4, -0.2) is 18.5 Å². The van der Waals surface area contributed by atoms with Gasteiger partial charge in [-0.05, 0) is 49.9 Å². The Morgan fingerprint density at radius 3 is 2.45 bits per heavy atom. The predicted molar refractivity (Wildman–Crippen MR) is 86.8 cm³/mol. The van der Waals surface area contributed by atoms with E-state index in [0.717, 1.165) is 25.7 Å². The molecule has 1 aliphatic rings. The van der Waals surface area contributed by atoms with E-state index in [1.807, 2.05) is 0 Å². The number of esters is 1. The molecule has 1 aromatic carbocycles. The Morgan fingerprint density at radius 2 is 1.86 bits per heavy atom. The van der Waals surface area contributed by atoms with Crippen molar-refractivity contribution in [1.29, 1.82) is 0 Å². The maximum atomic E-state index is 12.6. The van der Waals surface area contributed by atoms with Crippen LogP contribution in [0.3, 0.4) is 0 Å². The molecule has 22 heavy (non-hydrogen) atoms. The molecule has 1 atom stereocenters. The van der Waals surface area contributed by atoms with Crippen molar-refractivity contribution in [3.63, 3.8) is 0 Å². The van der Waals surface area contributed by atoms with E-state index in [0.29, 0.717) is 10.7 Å².